The Bertz CT molecular complexity index is 935. The highest BCUT2D eigenvalue weighted by Gasteiger charge is 2.20. The third kappa shape index (κ3) is 6.72. The van der Waals surface area contributed by atoms with Crippen LogP contribution in [0.2, 0.25) is 0 Å². The van der Waals surface area contributed by atoms with Crippen LogP contribution in [0.3, 0.4) is 0 Å². The average molecular weight is 469 g/mol. The molecule has 6 nitrogen and oxygen atoms in total. The number of nitrogens with zero attached hydrogens (tertiary/aromatic N) is 2. The van der Waals surface area contributed by atoms with Crippen molar-refractivity contribution in [1.29, 1.82) is 0 Å². The van der Waals surface area contributed by atoms with E-state index in [9.17, 15) is 10.2 Å². The van der Waals surface area contributed by atoms with Gasteiger partial charge in [0.1, 0.15) is 11.5 Å². The van der Waals surface area contributed by atoms with Crippen molar-refractivity contribution in [3.05, 3.63) is 47.5 Å². The number of β-amino-alcohol motifs (C(OH)–C–C–N with tert-alkyl or cyclic N) is 2. The molecule has 2 aliphatic rings. The summed E-state index contributed by atoms with van der Waals surface area (Å²) in [5.41, 5.74) is 4.71. The Hall–Kier alpha value is -2.12. The normalized spacial score (nSPS) is 21.3. The second kappa shape index (κ2) is 12.0. The molecule has 0 aliphatic carbocycles. The van der Waals surface area contributed by atoms with Crippen LogP contribution < -0.4 is 9.47 Å². The third-order valence-corrected chi connectivity index (χ3v) is 7.04. The van der Waals surface area contributed by atoms with Crippen LogP contribution in [-0.2, 0) is 0 Å². The lowest BCUT2D eigenvalue weighted by molar-refractivity contribution is 0.172. The number of likely N-dealkylation sites (tertiary alicyclic amines) is 2. The van der Waals surface area contributed by atoms with Crippen molar-refractivity contribution in [2.24, 2.45) is 0 Å². The van der Waals surface area contributed by atoms with Crippen LogP contribution in [0, 0.1) is 13.8 Å². The number of hydrogen-bond acceptors (Lipinski definition) is 6. The van der Waals surface area contributed by atoms with E-state index in [1.165, 1.54) is 16.7 Å². The highest BCUT2D eigenvalue weighted by molar-refractivity contribution is 5.73. The molecule has 34 heavy (non-hydrogen) atoms. The van der Waals surface area contributed by atoms with Gasteiger partial charge in [0.05, 0.1) is 25.4 Å². The molecule has 4 rings (SSSR count). The lowest BCUT2D eigenvalue weighted by Crippen LogP contribution is -2.24. The second-order valence-corrected chi connectivity index (χ2v) is 9.80. The fourth-order valence-electron chi connectivity index (χ4n) is 5.02. The van der Waals surface area contributed by atoms with Gasteiger partial charge in [0.2, 0.25) is 0 Å². The van der Waals surface area contributed by atoms with E-state index < -0.39 is 0 Å². The summed E-state index contributed by atoms with van der Waals surface area (Å²) in [6.07, 6.45) is 3.34. The van der Waals surface area contributed by atoms with Crippen LogP contribution >= 0.6 is 0 Å². The SMILES string of the molecule is Cc1ccc(OCCCN2CC[C@@H](O)C2)cc1-c1cccc(OCCCN2CC[C@@H](O)C2)c1C. The topological polar surface area (TPSA) is 65.4 Å². The Morgan fingerprint density at radius 2 is 1.47 bits per heavy atom. The molecule has 0 spiro atoms. The quantitative estimate of drug-likeness (QED) is 0.491. The zero-order valence-electron chi connectivity index (χ0n) is 20.7. The van der Waals surface area contributed by atoms with E-state index in [-0.39, 0.29) is 12.2 Å². The molecule has 2 fully saturated rings. The van der Waals surface area contributed by atoms with Crippen LogP contribution in [0.25, 0.3) is 11.1 Å². The Balaban J connectivity index is 1.31. The summed E-state index contributed by atoms with van der Waals surface area (Å²) in [5.74, 6) is 1.82. The van der Waals surface area contributed by atoms with Crippen molar-refractivity contribution >= 4 is 0 Å². The number of aliphatic hydroxyl groups excluding tert-OH is 2. The summed E-state index contributed by atoms with van der Waals surface area (Å²) in [6, 6.07) is 12.6. The van der Waals surface area contributed by atoms with E-state index in [2.05, 4.69) is 47.9 Å². The molecule has 2 aromatic carbocycles. The van der Waals surface area contributed by atoms with Crippen LogP contribution in [-0.4, -0.2) is 84.7 Å². The maximum Gasteiger partial charge on any atom is 0.122 e. The molecule has 2 N–H and O–H groups in total. The van der Waals surface area contributed by atoms with Crippen molar-refractivity contribution in [1.82, 2.24) is 9.80 Å². The first-order chi connectivity index (χ1) is 16.5. The van der Waals surface area contributed by atoms with Gasteiger partial charge in [-0.2, -0.15) is 0 Å². The minimum absolute atomic E-state index is 0.164. The molecule has 0 bridgehead atoms. The van der Waals surface area contributed by atoms with Gasteiger partial charge in [0.15, 0.2) is 0 Å². The van der Waals surface area contributed by atoms with Crippen molar-refractivity contribution in [3.63, 3.8) is 0 Å². The molecule has 2 heterocycles. The predicted octanol–water partition coefficient (Wildman–Crippen LogP) is 3.64. The van der Waals surface area contributed by atoms with Crippen molar-refractivity contribution in [2.45, 2.75) is 51.7 Å². The van der Waals surface area contributed by atoms with Gasteiger partial charge in [0.25, 0.3) is 0 Å². The van der Waals surface area contributed by atoms with Crippen molar-refractivity contribution in [3.8, 4) is 22.6 Å². The summed E-state index contributed by atoms with van der Waals surface area (Å²) in [5, 5.41) is 19.3. The molecule has 0 radical (unpaired) electrons. The Kier molecular flexibility index (Phi) is 8.84. The van der Waals surface area contributed by atoms with Crippen LogP contribution in [0.15, 0.2) is 36.4 Å². The van der Waals surface area contributed by atoms with Gasteiger partial charge < -0.3 is 29.5 Å². The molecule has 0 unspecified atom stereocenters. The Morgan fingerprint density at radius 3 is 2.09 bits per heavy atom. The summed E-state index contributed by atoms with van der Waals surface area (Å²) in [6.45, 7) is 11.1. The maximum absolute atomic E-state index is 9.67. The lowest BCUT2D eigenvalue weighted by atomic mass is 9.96. The number of aliphatic hydroxyl groups is 2. The lowest BCUT2D eigenvalue weighted by Gasteiger charge is -2.18. The molecule has 0 saturated carbocycles. The minimum Gasteiger partial charge on any atom is -0.494 e. The van der Waals surface area contributed by atoms with E-state index >= 15 is 0 Å². The van der Waals surface area contributed by atoms with Crippen LogP contribution in [0.4, 0.5) is 0 Å². The number of rotatable bonds is 11. The first-order valence-corrected chi connectivity index (χ1v) is 12.8. The zero-order valence-corrected chi connectivity index (χ0v) is 20.7. The fraction of sp³-hybridized carbons (Fsp3) is 0.571. The Morgan fingerprint density at radius 1 is 0.824 bits per heavy atom. The molecule has 2 saturated heterocycles. The van der Waals surface area contributed by atoms with Crippen LogP contribution in [0.5, 0.6) is 11.5 Å². The van der Waals surface area contributed by atoms with Crippen LogP contribution in [0.1, 0.15) is 36.8 Å². The van der Waals surface area contributed by atoms with Gasteiger partial charge in [-0.1, -0.05) is 18.2 Å². The summed E-state index contributed by atoms with van der Waals surface area (Å²) >= 11 is 0. The smallest absolute Gasteiger partial charge is 0.122 e. The fourth-order valence-corrected chi connectivity index (χ4v) is 5.02. The maximum atomic E-state index is 9.67. The average Bonchev–Trinajstić information content (AvgIpc) is 3.44. The van der Waals surface area contributed by atoms with Gasteiger partial charge in [0, 0.05) is 39.3 Å². The van der Waals surface area contributed by atoms with Gasteiger partial charge >= 0.3 is 0 Å². The molecule has 2 aliphatic heterocycles. The van der Waals surface area contributed by atoms with Crippen molar-refractivity contribution < 1.29 is 19.7 Å². The predicted molar refractivity (Wildman–Crippen MR) is 136 cm³/mol. The molecule has 2 atom stereocenters. The monoisotopic (exact) mass is 468 g/mol. The molecule has 0 aromatic heterocycles. The molecule has 2 aromatic rings. The first-order valence-electron chi connectivity index (χ1n) is 12.8. The highest BCUT2D eigenvalue weighted by Crippen LogP contribution is 2.34. The molecule has 0 amide bonds. The number of hydrogen-bond donors (Lipinski definition) is 2. The molecule has 186 valence electrons. The summed E-state index contributed by atoms with van der Waals surface area (Å²) < 4.78 is 12.2. The molecular formula is C28H40N2O4. The molecular weight excluding hydrogens is 428 g/mol. The number of aryl methyl sites for hydroxylation is 1. The summed E-state index contributed by atoms with van der Waals surface area (Å²) in [7, 11) is 0. The van der Waals surface area contributed by atoms with Gasteiger partial charge in [-0.15, -0.1) is 0 Å². The Labute approximate surface area is 204 Å². The number of ether oxygens (including phenoxy) is 2. The summed E-state index contributed by atoms with van der Waals surface area (Å²) in [4.78, 5) is 4.61. The third-order valence-electron chi connectivity index (χ3n) is 7.04. The van der Waals surface area contributed by atoms with Gasteiger partial charge in [-0.05, 0) is 80.0 Å². The standard InChI is InChI=1S/C28H40N2O4/c1-21-8-9-25(33-16-4-12-29-14-10-23(31)19-29)18-27(21)26-6-3-7-28(22(26)2)34-17-5-13-30-15-11-24(32)20-30/h3,6-9,18,23-24,31-32H,4-5,10-17,19-20H2,1-2H3/t23-,24-/m1/s1. The van der Waals surface area contributed by atoms with E-state index in [1.54, 1.807) is 0 Å². The highest BCUT2D eigenvalue weighted by atomic mass is 16.5. The largest absolute Gasteiger partial charge is 0.494 e. The second-order valence-electron chi connectivity index (χ2n) is 9.80. The van der Waals surface area contributed by atoms with Gasteiger partial charge in [-0.25, -0.2) is 0 Å². The van der Waals surface area contributed by atoms with E-state index in [4.69, 9.17) is 9.47 Å². The minimum atomic E-state index is -0.165. The zero-order chi connectivity index (χ0) is 23.9. The van der Waals surface area contributed by atoms with E-state index in [1.807, 2.05) is 12.1 Å². The molecule has 6 heteroatoms. The van der Waals surface area contributed by atoms with Crippen molar-refractivity contribution in [2.75, 3.05) is 52.5 Å². The first kappa shape index (κ1) is 25.0. The van der Waals surface area contributed by atoms with E-state index in [0.717, 1.165) is 82.0 Å². The van der Waals surface area contributed by atoms with Gasteiger partial charge in [-0.3, -0.25) is 0 Å². The number of benzene rings is 2. The van der Waals surface area contributed by atoms with E-state index in [0.29, 0.717) is 13.2 Å².